The van der Waals surface area contributed by atoms with Crippen molar-refractivity contribution < 1.29 is 42.2 Å². The number of carbonyl (C=O) groups excluding carboxylic acids is 2. The lowest BCUT2D eigenvalue weighted by Gasteiger charge is -2.42. The summed E-state index contributed by atoms with van der Waals surface area (Å²) in [5.74, 6) is 1.89. The van der Waals surface area contributed by atoms with Crippen molar-refractivity contribution in [3.63, 3.8) is 0 Å². The number of rotatable bonds is 8. The van der Waals surface area contributed by atoms with Gasteiger partial charge in [-0.15, -0.1) is 6.42 Å². The summed E-state index contributed by atoms with van der Waals surface area (Å²) >= 11 is 0. The zero-order valence-electron chi connectivity index (χ0n) is 38.5. The molecule has 3 aromatic carbocycles. The van der Waals surface area contributed by atoms with Gasteiger partial charge in [0, 0.05) is 61.6 Å². The molecule has 4 aliphatic rings. The summed E-state index contributed by atoms with van der Waals surface area (Å²) in [6.07, 6.45) is 14.1. The van der Waals surface area contributed by atoms with Gasteiger partial charge in [0.15, 0.2) is 5.82 Å². The first kappa shape index (κ1) is 48.9. The molecule has 66 heavy (non-hydrogen) atoms. The maximum absolute atomic E-state index is 16.3. The van der Waals surface area contributed by atoms with Crippen LogP contribution in [-0.2, 0) is 14.3 Å². The molecule has 350 valence electrons. The van der Waals surface area contributed by atoms with Gasteiger partial charge >= 0.3 is 12.1 Å². The Kier molecular flexibility index (Phi) is 16.1. The number of aromatic nitrogens is 3. The van der Waals surface area contributed by atoms with E-state index < -0.39 is 22.2 Å². The number of nitro benzene ring substituents is 1. The molecule has 9 rings (SSSR count). The first-order valence-electron chi connectivity index (χ1n) is 22.2. The summed E-state index contributed by atoms with van der Waals surface area (Å²) in [7, 11) is 3.23. The molecule has 0 spiro atoms. The third-order valence-electron chi connectivity index (χ3n) is 11.9. The Morgan fingerprint density at radius 1 is 0.970 bits per heavy atom. The highest BCUT2D eigenvalue weighted by Crippen LogP contribution is 2.39. The van der Waals surface area contributed by atoms with Crippen LogP contribution in [0.3, 0.4) is 0 Å². The zero-order valence-corrected chi connectivity index (χ0v) is 38.5. The molecule has 4 fully saturated rings. The zero-order chi connectivity index (χ0) is 47.7. The van der Waals surface area contributed by atoms with E-state index in [1.54, 1.807) is 24.3 Å². The lowest BCUT2D eigenvalue weighted by atomic mass is 9.96. The van der Waals surface area contributed by atoms with Crippen LogP contribution in [0.15, 0.2) is 60.8 Å². The van der Waals surface area contributed by atoms with Crippen molar-refractivity contribution in [3.05, 3.63) is 88.1 Å². The van der Waals surface area contributed by atoms with Crippen LogP contribution in [0.4, 0.5) is 25.1 Å². The van der Waals surface area contributed by atoms with Gasteiger partial charge in [0.05, 0.1) is 41.7 Å². The van der Waals surface area contributed by atoms with E-state index >= 15 is 4.39 Å². The first-order valence-corrected chi connectivity index (χ1v) is 22.2. The largest absolute Gasteiger partial charge is 0.467 e. The number of amides is 1. The van der Waals surface area contributed by atoms with Crippen LogP contribution in [0.2, 0.25) is 0 Å². The number of nitro groups is 1. The highest BCUT2D eigenvalue weighted by Gasteiger charge is 2.45. The van der Waals surface area contributed by atoms with Crippen LogP contribution in [0.1, 0.15) is 78.7 Å². The average molecular weight is 910 g/mol. The lowest BCUT2D eigenvalue weighted by molar-refractivity contribution is -0.384. The van der Waals surface area contributed by atoms with E-state index in [0.717, 1.165) is 31.5 Å². The van der Waals surface area contributed by atoms with Crippen LogP contribution in [0.5, 0.6) is 11.8 Å². The van der Waals surface area contributed by atoms with E-state index in [4.69, 9.17) is 20.6 Å². The Bertz CT molecular complexity index is 2550. The van der Waals surface area contributed by atoms with Gasteiger partial charge < -0.3 is 23.8 Å². The molecule has 4 atom stereocenters. The third kappa shape index (κ3) is 10.8. The maximum Gasteiger partial charge on any atom is 0.410 e. The van der Waals surface area contributed by atoms with Gasteiger partial charge in [-0.1, -0.05) is 44.0 Å². The molecule has 5 aromatic rings. The van der Waals surface area contributed by atoms with Crippen LogP contribution in [0, 0.1) is 34.1 Å². The van der Waals surface area contributed by atoms with Gasteiger partial charge in [0.2, 0.25) is 0 Å². The van der Waals surface area contributed by atoms with Gasteiger partial charge in [-0.3, -0.25) is 29.7 Å². The molecule has 2 bridgehead atoms. The van der Waals surface area contributed by atoms with E-state index in [1.165, 1.54) is 75.9 Å². The van der Waals surface area contributed by atoms with Gasteiger partial charge in [-0.2, -0.15) is 9.97 Å². The normalized spacial score (nSPS) is 19.6. The Hall–Kier alpha value is -6.51. The summed E-state index contributed by atoms with van der Waals surface area (Å²) in [4.78, 5) is 52.3. The number of hydrogen-bond acceptors (Lipinski definition) is 13. The summed E-state index contributed by atoms with van der Waals surface area (Å²) < 4.78 is 51.6. The van der Waals surface area contributed by atoms with Crippen molar-refractivity contribution >= 4 is 45.7 Å². The Morgan fingerprint density at radius 2 is 1.67 bits per heavy atom. The van der Waals surface area contributed by atoms with Crippen molar-refractivity contribution in [2.24, 2.45) is 0 Å². The van der Waals surface area contributed by atoms with Crippen molar-refractivity contribution in [2.75, 3.05) is 45.4 Å². The Morgan fingerprint density at radius 3 is 2.29 bits per heavy atom. The molecule has 4 aliphatic heterocycles. The van der Waals surface area contributed by atoms with Crippen molar-refractivity contribution in [1.29, 1.82) is 0 Å². The standard InChI is InChI=1S/C31H29F2N5O3.C9H17NO.C7H5NO4.C2H6/c1-6-20-23(32)13-10-17-8-7-9-21(24(17)20)26-25(33)27-22(14-34-26)28(36-29(35-27)40-5)37-15-18-11-12-19(16-37)38(18)30(39)41-31(2,3)4;1-11-7-9-5-4-8-3-2-6-10(8)9;9-5-12-7-3-1-6(2-4-7)8(10)11;1-2/h1,7-10,13-14,18-19H,11-12,15-16H2,2-5H3;8-9H,2-7H2,1H3;1-5H;1-2H3. The van der Waals surface area contributed by atoms with Gasteiger partial charge in [-0.25, -0.2) is 13.6 Å². The van der Waals surface area contributed by atoms with Gasteiger partial charge in [0.25, 0.3) is 12.2 Å². The fourth-order valence-electron chi connectivity index (χ4n) is 9.20. The van der Waals surface area contributed by atoms with Crippen LogP contribution in [0.25, 0.3) is 32.9 Å². The molecule has 0 saturated carbocycles. The van der Waals surface area contributed by atoms with Crippen molar-refractivity contribution in [3.8, 4) is 35.4 Å². The number of terminal acetylenes is 1. The number of halogens is 2. The molecular formula is C49H57F2N7O8. The van der Waals surface area contributed by atoms with Crippen LogP contribution < -0.4 is 14.4 Å². The lowest BCUT2D eigenvalue weighted by Crippen LogP contribution is -2.57. The molecular weight excluding hydrogens is 853 g/mol. The monoisotopic (exact) mass is 909 g/mol. The number of carbonyl (C=O) groups is 2. The number of pyridine rings is 1. The molecule has 6 heterocycles. The molecule has 4 saturated heterocycles. The number of hydrogen-bond donors (Lipinski definition) is 0. The predicted molar refractivity (Wildman–Crippen MR) is 248 cm³/mol. The highest BCUT2D eigenvalue weighted by atomic mass is 19.1. The summed E-state index contributed by atoms with van der Waals surface area (Å²) in [6.45, 7) is 13.0. The molecule has 15 nitrogen and oxygen atoms in total. The number of ether oxygens (including phenoxy) is 4. The number of nitrogens with zero attached hydrogens (tertiary/aromatic N) is 7. The summed E-state index contributed by atoms with van der Waals surface area (Å²) in [6, 6.07) is 14.8. The van der Waals surface area contributed by atoms with Crippen molar-refractivity contribution in [1.82, 2.24) is 24.8 Å². The second-order valence-corrected chi connectivity index (χ2v) is 17.1. The molecule has 2 aromatic heterocycles. The number of benzene rings is 3. The minimum absolute atomic E-state index is 0.00116. The minimum atomic E-state index is -0.695. The summed E-state index contributed by atoms with van der Waals surface area (Å²) in [5.41, 5.74) is -0.215. The fourth-order valence-corrected chi connectivity index (χ4v) is 9.20. The van der Waals surface area contributed by atoms with E-state index in [9.17, 15) is 24.1 Å². The number of methoxy groups -OCH3 is 2. The maximum atomic E-state index is 16.3. The second-order valence-electron chi connectivity index (χ2n) is 17.1. The molecule has 0 N–H and O–H groups in total. The van der Waals surface area contributed by atoms with Crippen LogP contribution >= 0.6 is 0 Å². The smallest absolute Gasteiger partial charge is 0.410 e. The SMILES string of the molecule is C#Cc1c(F)ccc2cccc(-c3ncc4c(N5CC6CCC(C5)N6C(=O)OC(C)(C)C)nc(OC)nc4c3F)c12.CC.COCC1CCC2CCCN21.O=COc1ccc([N+](=O)[O-])cc1. The van der Waals surface area contributed by atoms with Crippen LogP contribution in [-0.4, -0.2) is 112 Å². The topological polar surface area (TPSA) is 163 Å². The van der Waals surface area contributed by atoms with E-state index in [-0.39, 0.29) is 58.9 Å². The average Bonchev–Trinajstić information content (AvgIpc) is 4.01. The quantitative estimate of drug-likeness (QED) is 0.0628. The molecule has 4 unspecified atom stereocenters. The molecule has 0 aliphatic carbocycles. The third-order valence-corrected chi connectivity index (χ3v) is 11.9. The minimum Gasteiger partial charge on any atom is -0.467 e. The van der Waals surface area contributed by atoms with E-state index in [1.807, 2.05) is 51.5 Å². The molecule has 17 heteroatoms. The highest BCUT2D eigenvalue weighted by molar-refractivity contribution is 6.02. The predicted octanol–water partition coefficient (Wildman–Crippen LogP) is 9.12. The molecule has 0 radical (unpaired) electrons. The number of anilines is 1. The molecule has 1 amide bonds. The van der Waals surface area contributed by atoms with Gasteiger partial charge in [-0.05, 0) is 89.4 Å². The summed E-state index contributed by atoms with van der Waals surface area (Å²) in [5, 5.41) is 11.6. The Labute approximate surface area is 383 Å². The number of fused-ring (bicyclic) bond motifs is 5. The van der Waals surface area contributed by atoms with E-state index in [0.29, 0.717) is 40.6 Å². The number of piperazine rings is 1. The van der Waals surface area contributed by atoms with E-state index in [2.05, 4.69) is 30.5 Å². The fraction of sp³-hybridized carbons (Fsp3) is 0.449. The van der Waals surface area contributed by atoms with Crippen molar-refractivity contribution in [2.45, 2.75) is 103 Å². The van der Waals surface area contributed by atoms with Gasteiger partial charge in [0.1, 0.15) is 34.2 Å². The second kappa shape index (κ2) is 21.7. The Balaban J connectivity index is 0.000000233. The number of non-ortho nitro benzene ring substituents is 1. The first-order chi connectivity index (χ1) is 31.7.